The Morgan fingerprint density at radius 3 is 2.65 bits per heavy atom. The summed E-state index contributed by atoms with van der Waals surface area (Å²) in [6.45, 7) is 6.88. The summed E-state index contributed by atoms with van der Waals surface area (Å²) < 4.78 is 5.80. The van der Waals surface area contributed by atoms with Gasteiger partial charge in [-0.1, -0.05) is 38.4 Å². The van der Waals surface area contributed by atoms with Crippen LogP contribution in [-0.2, 0) is 17.9 Å². The normalized spacial score (nSPS) is 11.7. The third-order valence-corrected chi connectivity index (χ3v) is 4.32. The second-order valence-corrected chi connectivity index (χ2v) is 7.13. The van der Waals surface area contributed by atoms with Gasteiger partial charge in [-0.05, 0) is 12.1 Å². The zero-order valence-electron chi connectivity index (χ0n) is 11.7. The lowest BCUT2D eigenvalue weighted by Gasteiger charge is -2.14. The summed E-state index contributed by atoms with van der Waals surface area (Å²) in [6, 6.07) is 5.55. The molecule has 2 nitrogen and oxygen atoms in total. The predicted octanol–water partition coefficient (Wildman–Crippen LogP) is 5.41. The molecule has 108 valence electrons. The molecule has 0 aliphatic rings. The molecule has 5 heteroatoms. The minimum atomic E-state index is 0.0616. The van der Waals surface area contributed by atoms with E-state index in [0.29, 0.717) is 17.5 Å². The Balaban J connectivity index is 2.10. The van der Waals surface area contributed by atoms with Gasteiger partial charge >= 0.3 is 0 Å². The van der Waals surface area contributed by atoms with Gasteiger partial charge in [0.25, 0.3) is 0 Å². The lowest BCUT2D eigenvalue weighted by molar-refractivity contribution is 0.302. The molecular formula is C15H17Cl2NOS. The molecule has 0 aliphatic heterocycles. The summed E-state index contributed by atoms with van der Waals surface area (Å²) in [5.41, 5.74) is 1.97. The Morgan fingerprint density at radius 2 is 2.05 bits per heavy atom. The molecule has 0 N–H and O–H groups in total. The van der Waals surface area contributed by atoms with Gasteiger partial charge < -0.3 is 4.74 Å². The molecular weight excluding hydrogens is 313 g/mol. The van der Waals surface area contributed by atoms with Crippen LogP contribution in [0.15, 0.2) is 23.6 Å². The number of nitrogens with zero attached hydrogens (tertiary/aromatic N) is 1. The van der Waals surface area contributed by atoms with Crippen LogP contribution in [0.5, 0.6) is 5.75 Å². The van der Waals surface area contributed by atoms with Crippen LogP contribution in [0.2, 0.25) is 5.02 Å². The minimum absolute atomic E-state index is 0.0616. The fraction of sp³-hybridized carbons (Fsp3) is 0.400. The number of benzene rings is 1. The highest BCUT2D eigenvalue weighted by molar-refractivity contribution is 7.09. The Kier molecular flexibility index (Phi) is 4.95. The second kappa shape index (κ2) is 6.33. The Bertz CT molecular complexity index is 590. The molecule has 0 saturated heterocycles. The van der Waals surface area contributed by atoms with E-state index in [1.165, 1.54) is 0 Å². The lowest BCUT2D eigenvalue weighted by atomic mass is 9.93. The second-order valence-electron chi connectivity index (χ2n) is 5.52. The monoisotopic (exact) mass is 329 g/mol. The van der Waals surface area contributed by atoms with Crippen molar-refractivity contribution in [1.29, 1.82) is 0 Å². The van der Waals surface area contributed by atoms with E-state index in [-0.39, 0.29) is 5.41 Å². The molecule has 0 amide bonds. The Labute approximate surface area is 133 Å². The van der Waals surface area contributed by atoms with Crippen molar-refractivity contribution in [2.45, 2.75) is 38.7 Å². The van der Waals surface area contributed by atoms with E-state index >= 15 is 0 Å². The topological polar surface area (TPSA) is 22.1 Å². The van der Waals surface area contributed by atoms with Crippen LogP contribution in [0.1, 0.15) is 37.0 Å². The largest absolute Gasteiger partial charge is 0.486 e. The number of alkyl halides is 1. The van der Waals surface area contributed by atoms with Crippen LogP contribution in [-0.4, -0.2) is 4.98 Å². The van der Waals surface area contributed by atoms with Crippen LogP contribution in [0, 0.1) is 0 Å². The van der Waals surface area contributed by atoms with Gasteiger partial charge in [-0.15, -0.1) is 22.9 Å². The third kappa shape index (κ3) is 3.66. The average molecular weight is 330 g/mol. The summed E-state index contributed by atoms with van der Waals surface area (Å²) >= 11 is 13.6. The molecule has 2 rings (SSSR count). The zero-order chi connectivity index (χ0) is 14.8. The van der Waals surface area contributed by atoms with Crippen molar-refractivity contribution in [3.63, 3.8) is 0 Å². The molecule has 0 radical (unpaired) electrons. The van der Waals surface area contributed by atoms with E-state index in [0.717, 1.165) is 22.0 Å². The van der Waals surface area contributed by atoms with Gasteiger partial charge in [-0.25, -0.2) is 4.98 Å². The van der Waals surface area contributed by atoms with Crippen molar-refractivity contribution in [2.75, 3.05) is 0 Å². The number of aromatic nitrogens is 1. The highest BCUT2D eigenvalue weighted by atomic mass is 35.5. The molecule has 2 aromatic rings. The molecule has 1 heterocycles. The molecule has 1 aromatic heterocycles. The third-order valence-electron chi connectivity index (χ3n) is 2.88. The van der Waals surface area contributed by atoms with E-state index in [1.54, 1.807) is 11.3 Å². The molecule has 0 unspecified atom stereocenters. The first-order chi connectivity index (χ1) is 9.41. The molecule has 0 atom stereocenters. The lowest BCUT2D eigenvalue weighted by Crippen LogP contribution is -2.11. The summed E-state index contributed by atoms with van der Waals surface area (Å²) in [7, 11) is 0. The summed E-state index contributed by atoms with van der Waals surface area (Å²) in [5.74, 6) is 1.06. The zero-order valence-corrected chi connectivity index (χ0v) is 14.1. The van der Waals surface area contributed by atoms with Crippen LogP contribution in [0.25, 0.3) is 0 Å². The fourth-order valence-corrected chi connectivity index (χ4v) is 3.17. The van der Waals surface area contributed by atoms with Crippen LogP contribution in [0.4, 0.5) is 0 Å². The standard InChI is InChI=1S/C15H17Cl2NOS/c1-15(2,3)13-9-20-14(18-13)8-19-12-6-4-5-11(17)10(12)7-16/h4-6,9H,7-8H2,1-3H3. The van der Waals surface area contributed by atoms with E-state index < -0.39 is 0 Å². The highest BCUT2D eigenvalue weighted by Crippen LogP contribution is 2.29. The van der Waals surface area contributed by atoms with Crippen molar-refractivity contribution >= 4 is 34.5 Å². The van der Waals surface area contributed by atoms with Gasteiger partial charge in [-0.2, -0.15) is 0 Å². The van der Waals surface area contributed by atoms with Crippen molar-refractivity contribution in [3.8, 4) is 5.75 Å². The van der Waals surface area contributed by atoms with Gasteiger partial charge in [0.2, 0.25) is 0 Å². The smallest absolute Gasteiger partial charge is 0.140 e. The number of hydrogen-bond acceptors (Lipinski definition) is 3. The van der Waals surface area contributed by atoms with Gasteiger partial charge in [-0.3, -0.25) is 0 Å². The SMILES string of the molecule is CC(C)(C)c1csc(COc2cccc(Cl)c2CCl)n1. The quantitative estimate of drug-likeness (QED) is 0.699. The number of rotatable bonds is 4. The first-order valence-corrected chi connectivity index (χ1v) is 8.12. The summed E-state index contributed by atoms with van der Waals surface area (Å²) in [5, 5.41) is 3.67. The molecule has 0 fully saturated rings. The number of halogens is 2. The van der Waals surface area contributed by atoms with Crippen LogP contribution < -0.4 is 4.74 Å². The van der Waals surface area contributed by atoms with Crippen LogP contribution in [0.3, 0.4) is 0 Å². The maximum Gasteiger partial charge on any atom is 0.140 e. The molecule has 1 aromatic carbocycles. The van der Waals surface area contributed by atoms with Crippen molar-refractivity contribution in [1.82, 2.24) is 4.98 Å². The highest BCUT2D eigenvalue weighted by Gasteiger charge is 2.17. The number of thiazole rings is 1. The average Bonchev–Trinajstić information content (AvgIpc) is 2.85. The van der Waals surface area contributed by atoms with E-state index in [9.17, 15) is 0 Å². The Hall–Kier alpha value is -0.770. The maximum atomic E-state index is 6.10. The van der Waals surface area contributed by atoms with Gasteiger partial charge in [0.1, 0.15) is 17.4 Å². The molecule has 0 spiro atoms. The minimum Gasteiger partial charge on any atom is -0.486 e. The molecule has 0 aliphatic carbocycles. The fourth-order valence-electron chi connectivity index (χ4n) is 1.66. The van der Waals surface area contributed by atoms with E-state index in [1.807, 2.05) is 18.2 Å². The van der Waals surface area contributed by atoms with Crippen molar-refractivity contribution in [2.24, 2.45) is 0 Å². The first kappa shape index (κ1) is 15.6. The first-order valence-electron chi connectivity index (χ1n) is 6.33. The summed E-state index contributed by atoms with van der Waals surface area (Å²) in [4.78, 5) is 4.60. The maximum absolute atomic E-state index is 6.10. The van der Waals surface area contributed by atoms with Gasteiger partial charge in [0, 0.05) is 21.4 Å². The Morgan fingerprint density at radius 1 is 1.30 bits per heavy atom. The van der Waals surface area contributed by atoms with Gasteiger partial charge in [0.15, 0.2) is 0 Å². The molecule has 20 heavy (non-hydrogen) atoms. The van der Waals surface area contributed by atoms with Gasteiger partial charge in [0.05, 0.1) is 11.6 Å². The molecule has 0 bridgehead atoms. The number of hydrogen-bond donors (Lipinski definition) is 0. The summed E-state index contributed by atoms with van der Waals surface area (Å²) in [6.07, 6.45) is 0. The van der Waals surface area contributed by atoms with E-state index in [2.05, 4.69) is 31.1 Å². The number of ether oxygens (including phenoxy) is 1. The van der Waals surface area contributed by atoms with E-state index in [4.69, 9.17) is 27.9 Å². The predicted molar refractivity (Wildman–Crippen MR) is 86.2 cm³/mol. The van der Waals surface area contributed by atoms with Crippen LogP contribution >= 0.6 is 34.5 Å². The van der Waals surface area contributed by atoms with Crippen molar-refractivity contribution < 1.29 is 4.74 Å². The van der Waals surface area contributed by atoms with Crippen molar-refractivity contribution in [3.05, 3.63) is 44.9 Å². The molecule has 0 saturated carbocycles.